The number of carbonyl (C=O) groups is 1. The minimum atomic E-state index is -0.263. The van der Waals surface area contributed by atoms with Crippen LogP contribution < -0.4 is 5.32 Å². The third-order valence-electron chi connectivity index (χ3n) is 2.85. The fraction of sp³-hybridized carbons (Fsp3) is 0.143. The number of hydrogen-bond donors (Lipinski definition) is 2. The Hall–Kier alpha value is -1.88. The first-order chi connectivity index (χ1) is 8.99. The maximum Gasteiger partial charge on any atom is 0.256 e. The minimum Gasteiger partial charge on any atom is -0.508 e. The summed E-state index contributed by atoms with van der Waals surface area (Å²) in [5.41, 5.74) is 2.38. The molecule has 1 heterocycles. The van der Waals surface area contributed by atoms with Gasteiger partial charge in [0.25, 0.3) is 5.91 Å². The lowest BCUT2D eigenvalue weighted by Crippen LogP contribution is -2.14. The van der Waals surface area contributed by atoms with Crippen LogP contribution in [0.4, 0.5) is 5.69 Å². The Morgan fingerprint density at radius 2 is 2.00 bits per heavy atom. The van der Waals surface area contributed by atoms with E-state index in [1.807, 2.05) is 6.92 Å². The lowest BCUT2D eigenvalue weighted by molar-refractivity contribution is 0.102. The molecule has 0 fully saturated rings. The molecule has 19 heavy (non-hydrogen) atoms. The fourth-order valence-corrected chi connectivity index (χ4v) is 2.12. The van der Waals surface area contributed by atoms with Gasteiger partial charge in [-0.05, 0) is 54.0 Å². The maximum absolute atomic E-state index is 12.2. The van der Waals surface area contributed by atoms with Crippen LogP contribution >= 0.6 is 15.9 Å². The van der Waals surface area contributed by atoms with Gasteiger partial charge in [-0.25, -0.2) is 4.98 Å². The first kappa shape index (κ1) is 13.5. The summed E-state index contributed by atoms with van der Waals surface area (Å²) in [7, 11) is 0. The van der Waals surface area contributed by atoms with Crippen molar-refractivity contribution < 1.29 is 9.90 Å². The van der Waals surface area contributed by atoms with Crippen molar-refractivity contribution in [2.24, 2.45) is 0 Å². The zero-order chi connectivity index (χ0) is 14.0. The van der Waals surface area contributed by atoms with E-state index in [1.165, 1.54) is 0 Å². The number of nitrogens with zero attached hydrogens (tertiary/aromatic N) is 1. The van der Waals surface area contributed by atoms with Gasteiger partial charge in [-0.2, -0.15) is 0 Å². The summed E-state index contributed by atoms with van der Waals surface area (Å²) in [6, 6.07) is 8.41. The van der Waals surface area contributed by atoms with E-state index in [4.69, 9.17) is 0 Å². The number of amides is 1. The van der Waals surface area contributed by atoms with E-state index >= 15 is 0 Å². The topological polar surface area (TPSA) is 62.2 Å². The molecule has 0 saturated carbocycles. The highest BCUT2D eigenvalue weighted by atomic mass is 79.9. The number of aromatic nitrogens is 1. The second-order valence-electron chi connectivity index (χ2n) is 4.17. The molecule has 0 saturated heterocycles. The predicted molar refractivity (Wildman–Crippen MR) is 77.5 cm³/mol. The Labute approximate surface area is 119 Å². The van der Waals surface area contributed by atoms with E-state index < -0.39 is 0 Å². The van der Waals surface area contributed by atoms with E-state index in [0.29, 0.717) is 16.8 Å². The average molecular weight is 321 g/mol. The first-order valence-electron chi connectivity index (χ1n) is 5.72. The summed E-state index contributed by atoms with van der Waals surface area (Å²) in [6.45, 7) is 3.52. The number of halogens is 1. The van der Waals surface area contributed by atoms with Gasteiger partial charge in [0, 0.05) is 11.1 Å². The Kier molecular flexibility index (Phi) is 3.85. The summed E-state index contributed by atoms with van der Waals surface area (Å²) in [6.07, 6.45) is 0. The van der Waals surface area contributed by atoms with E-state index in [0.717, 1.165) is 10.3 Å². The number of phenols is 1. The van der Waals surface area contributed by atoms with Crippen LogP contribution in [-0.2, 0) is 0 Å². The van der Waals surface area contributed by atoms with Gasteiger partial charge in [-0.1, -0.05) is 6.07 Å². The number of hydrogen-bond acceptors (Lipinski definition) is 3. The Balaban J connectivity index is 2.28. The number of benzene rings is 1. The number of anilines is 1. The van der Waals surface area contributed by atoms with Crippen LogP contribution in [0.15, 0.2) is 34.9 Å². The molecular weight excluding hydrogens is 308 g/mol. The van der Waals surface area contributed by atoms with Crippen molar-refractivity contribution >= 4 is 27.5 Å². The molecule has 2 aromatic rings. The first-order valence-corrected chi connectivity index (χ1v) is 6.51. The van der Waals surface area contributed by atoms with Crippen molar-refractivity contribution in [3.05, 3.63) is 51.8 Å². The predicted octanol–water partition coefficient (Wildman–Crippen LogP) is 3.42. The van der Waals surface area contributed by atoms with Crippen molar-refractivity contribution in [1.29, 1.82) is 0 Å². The maximum atomic E-state index is 12.2. The van der Waals surface area contributed by atoms with Crippen LogP contribution in [0.2, 0.25) is 0 Å². The van der Waals surface area contributed by atoms with E-state index in [1.54, 1.807) is 37.3 Å². The molecule has 0 spiro atoms. The molecular formula is C14H13BrN2O2. The number of nitrogens with one attached hydrogen (secondary N) is 1. The largest absolute Gasteiger partial charge is 0.508 e. The molecule has 0 bridgehead atoms. The standard InChI is InChI=1S/C14H13BrN2O2/c1-8-10(4-3-5-12(8)18)14(19)17-11-6-7-13(15)16-9(11)2/h3-7,18H,1-2H3,(H,17,19). The third kappa shape index (κ3) is 2.93. The van der Waals surface area contributed by atoms with Gasteiger partial charge < -0.3 is 10.4 Å². The molecule has 1 aromatic heterocycles. The van der Waals surface area contributed by atoms with Crippen molar-refractivity contribution in [2.45, 2.75) is 13.8 Å². The molecule has 0 aliphatic carbocycles. The van der Waals surface area contributed by atoms with Crippen molar-refractivity contribution in [2.75, 3.05) is 5.32 Å². The van der Waals surface area contributed by atoms with Gasteiger partial charge in [0.15, 0.2) is 0 Å². The van der Waals surface area contributed by atoms with Crippen LogP contribution in [0, 0.1) is 13.8 Å². The quantitative estimate of drug-likeness (QED) is 0.833. The number of pyridine rings is 1. The Morgan fingerprint density at radius 1 is 1.26 bits per heavy atom. The number of carbonyl (C=O) groups excluding carboxylic acids is 1. The summed E-state index contributed by atoms with van der Waals surface area (Å²) in [5, 5.41) is 12.4. The highest BCUT2D eigenvalue weighted by Crippen LogP contribution is 2.22. The summed E-state index contributed by atoms with van der Waals surface area (Å²) < 4.78 is 0.719. The zero-order valence-corrected chi connectivity index (χ0v) is 12.2. The SMILES string of the molecule is Cc1nc(Br)ccc1NC(=O)c1cccc(O)c1C. The van der Waals surface area contributed by atoms with Gasteiger partial charge in [-0.3, -0.25) is 4.79 Å². The van der Waals surface area contributed by atoms with Gasteiger partial charge in [0.1, 0.15) is 10.4 Å². The Morgan fingerprint density at radius 3 is 2.68 bits per heavy atom. The summed E-state index contributed by atoms with van der Waals surface area (Å²) in [4.78, 5) is 16.4. The van der Waals surface area contributed by atoms with Gasteiger partial charge in [0.2, 0.25) is 0 Å². The van der Waals surface area contributed by atoms with Gasteiger partial charge in [0.05, 0.1) is 11.4 Å². The van der Waals surface area contributed by atoms with Crippen LogP contribution in [0.5, 0.6) is 5.75 Å². The fourth-order valence-electron chi connectivity index (χ4n) is 1.72. The second-order valence-corrected chi connectivity index (χ2v) is 4.98. The second kappa shape index (κ2) is 5.40. The van der Waals surface area contributed by atoms with Gasteiger partial charge in [-0.15, -0.1) is 0 Å². The minimum absolute atomic E-state index is 0.110. The summed E-state index contributed by atoms with van der Waals surface area (Å²) >= 11 is 3.27. The molecule has 5 heteroatoms. The van der Waals surface area contributed by atoms with Crippen LogP contribution in [-0.4, -0.2) is 16.0 Å². The normalized spacial score (nSPS) is 10.3. The molecule has 0 atom stereocenters. The smallest absolute Gasteiger partial charge is 0.256 e. The lowest BCUT2D eigenvalue weighted by Gasteiger charge is -2.10. The lowest BCUT2D eigenvalue weighted by atomic mass is 10.1. The third-order valence-corrected chi connectivity index (χ3v) is 3.29. The van der Waals surface area contributed by atoms with E-state index in [2.05, 4.69) is 26.2 Å². The van der Waals surface area contributed by atoms with E-state index in [-0.39, 0.29) is 11.7 Å². The number of phenolic OH excluding ortho intramolecular Hbond substituents is 1. The molecule has 2 N–H and O–H groups in total. The molecule has 4 nitrogen and oxygen atoms in total. The van der Waals surface area contributed by atoms with Crippen molar-refractivity contribution in [1.82, 2.24) is 4.98 Å². The van der Waals surface area contributed by atoms with Crippen molar-refractivity contribution in [3.8, 4) is 5.75 Å². The van der Waals surface area contributed by atoms with Crippen LogP contribution in [0.3, 0.4) is 0 Å². The van der Waals surface area contributed by atoms with Crippen molar-refractivity contribution in [3.63, 3.8) is 0 Å². The highest BCUT2D eigenvalue weighted by molar-refractivity contribution is 9.10. The van der Waals surface area contributed by atoms with Crippen LogP contribution in [0.1, 0.15) is 21.6 Å². The summed E-state index contributed by atoms with van der Waals surface area (Å²) in [5.74, 6) is -0.154. The Bertz CT molecular complexity index is 641. The molecule has 0 unspecified atom stereocenters. The molecule has 98 valence electrons. The highest BCUT2D eigenvalue weighted by Gasteiger charge is 2.12. The molecule has 0 radical (unpaired) electrons. The zero-order valence-electron chi connectivity index (χ0n) is 10.6. The molecule has 1 amide bonds. The van der Waals surface area contributed by atoms with Crippen LogP contribution in [0.25, 0.3) is 0 Å². The number of rotatable bonds is 2. The van der Waals surface area contributed by atoms with Gasteiger partial charge >= 0.3 is 0 Å². The van der Waals surface area contributed by atoms with E-state index in [9.17, 15) is 9.90 Å². The number of aromatic hydroxyl groups is 1. The molecule has 0 aliphatic rings. The average Bonchev–Trinajstić information content (AvgIpc) is 2.36. The molecule has 2 rings (SSSR count). The monoisotopic (exact) mass is 320 g/mol. The molecule has 0 aliphatic heterocycles. The molecule has 1 aromatic carbocycles. The number of aryl methyl sites for hydroxylation is 1.